The van der Waals surface area contributed by atoms with Crippen LogP contribution in [0.3, 0.4) is 0 Å². The molecule has 1 aromatic carbocycles. The number of ether oxygens (including phenoxy) is 1. The Morgan fingerprint density at radius 1 is 1.35 bits per heavy atom. The first kappa shape index (κ1) is 11.1. The van der Waals surface area contributed by atoms with E-state index in [0.717, 1.165) is 17.0 Å². The number of para-hydroxylation sites is 1. The van der Waals surface area contributed by atoms with Gasteiger partial charge in [-0.3, -0.25) is 0 Å². The molecule has 86 valence electrons. The van der Waals surface area contributed by atoms with Crippen molar-refractivity contribution in [1.82, 2.24) is 4.98 Å². The van der Waals surface area contributed by atoms with Gasteiger partial charge >= 0.3 is 5.97 Å². The lowest BCUT2D eigenvalue weighted by Crippen LogP contribution is -1.90. The van der Waals surface area contributed by atoms with Crippen molar-refractivity contribution in [2.45, 2.75) is 0 Å². The van der Waals surface area contributed by atoms with Gasteiger partial charge in [0.1, 0.15) is 11.3 Å². The Balaban J connectivity index is 2.52. The zero-order valence-corrected chi connectivity index (χ0v) is 9.25. The summed E-state index contributed by atoms with van der Waals surface area (Å²) in [5, 5.41) is 9.50. The van der Waals surface area contributed by atoms with Crippen molar-refractivity contribution in [3.05, 3.63) is 42.1 Å². The van der Waals surface area contributed by atoms with Gasteiger partial charge in [0.25, 0.3) is 0 Å². The summed E-state index contributed by atoms with van der Waals surface area (Å²) in [5.74, 6) is -0.319. The Labute approximate surface area is 98.2 Å². The van der Waals surface area contributed by atoms with Gasteiger partial charge in [0.2, 0.25) is 0 Å². The number of carboxylic acids is 1. The predicted octanol–water partition coefficient (Wildman–Crippen LogP) is 2.34. The second-order valence-electron chi connectivity index (χ2n) is 3.44. The van der Waals surface area contributed by atoms with Gasteiger partial charge in [-0.05, 0) is 18.2 Å². The van der Waals surface area contributed by atoms with E-state index in [2.05, 4.69) is 4.98 Å². The summed E-state index contributed by atoms with van der Waals surface area (Å²) in [6.45, 7) is 0. The minimum Gasteiger partial charge on any atom is -0.494 e. The first-order chi connectivity index (χ1) is 8.20. The lowest BCUT2D eigenvalue weighted by molar-refractivity contribution is -0.131. The predicted molar refractivity (Wildman–Crippen MR) is 65.0 cm³/mol. The molecule has 1 N–H and O–H groups in total. The maximum Gasteiger partial charge on any atom is 0.328 e. The Morgan fingerprint density at radius 2 is 2.18 bits per heavy atom. The van der Waals surface area contributed by atoms with Gasteiger partial charge in [0, 0.05) is 11.5 Å². The summed E-state index contributed by atoms with van der Waals surface area (Å²) >= 11 is 0. The molecule has 1 aromatic heterocycles. The van der Waals surface area contributed by atoms with Crippen LogP contribution >= 0.6 is 0 Å². The molecular weight excluding hydrogens is 218 g/mol. The van der Waals surface area contributed by atoms with E-state index in [1.54, 1.807) is 13.2 Å². The van der Waals surface area contributed by atoms with Crippen molar-refractivity contribution >= 4 is 22.9 Å². The number of aliphatic carboxylic acids is 1. The molecule has 1 heterocycles. The van der Waals surface area contributed by atoms with Crippen molar-refractivity contribution in [2.75, 3.05) is 7.11 Å². The van der Waals surface area contributed by atoms with E-state index < -0.39 is 5.97 Å². The summed E-state index contributed by atoms with van der Waals surface area (Å²) in [5.41, 5.74) is 1.31. The number of hydrogen-bond acceptors (Lipinski definition) is 3. The molecule has 0 saturated carbocycles. The minimum absolute atomic E-state index is 0.587. The number of carbonyl (C=O) groups is 1. The molecule has 2 rings (SSSR count). The van der Waals surface area contributed by atoms with E-state index in [9.17, 15) is 4.79 Å². The second-order valence-corrected chi connectivity index (χ2v) is 3.44. The standard InChI is InChI=1S/C13H11NO3/c1-17-11-4-2-3-9-5-6-10(14-13(9)11)7-8-12(15)16/h2-8H,1H3,(H,15,16). The number of methoxy groups -OCH3 is 1. The van der Waals surface area contributed by atoms with Crippen LogP contribution < -0.4 is 4.74 Å². The highest BCUT2D eigenvalue weighted by molar-refractivity contribution is 5.88. The van der Waals surface area contributed by atoms with Gasteiger partial charge in [-0.15, -0.1) is 0 Å². The van der Waals surface area contributed by atoms with Gasteiger partial charge in [-0.25, -0.2) is 9.78 Å². The minimum atomic E-state index is -0.994. The molecule has 0 radical (unpaired) electrons. The number of pyridine rings is 1. The molecule has 4 heteroatoms. The zero-order chi connectivity index (χ0) is 12.3. The molecule has 0 fully saturated rings. The molecule has 0 atom stereocenters. The smallest absolute Gasteiger partial charge is 0.328 e. The van der Waals surface area contributed by atoms with Crippen molar-refractivity contribution in [1.29, 1.82) is 0 Å². The summed E-state index contributed by atoms with van der Waals surface area (Å²) in [4.78, 5) is 14.8. The molecule has 0 spiro atoms. The van der Waals surface area contributed by atoms with E-state index in [1.165, 1.54) is 6.08 Å². The topological polar surface area (TPSA) is 59.4 Å². The summed E-state index contributed by atoms with van der Waals surface area (Å²) in [6, 6.07) is 9.28. The second kappa shape index (κ2) is 4.65. The molecule has 2 aromatic rings. The lowest BCUT2D eigenvalue weighted by atomic mass is 10.2. The third kappa shape index (κ3) is 2.42. The van der Waals surface area contributed by atoms with Gasteiger partial charge in [0.05, 0.1) is 12.8 Å². The molecule has 0 aliphatic heterocycles. The molecule has 0 aliphatic carbocycles. The Bertz CT molecular complexity index is 590. The number of benzene rings is 1. The van der Waals surface area contributed by atoms with Crippen molar-refractivity contribution in [2.24, 2.45) is 0 Å². The average Bonchev–Trinajstić information content (AvgIpc) is 2.35. The van der Waals surface area contributed by atoms with Crippen LogP contribution in [-0.2, 0) is 4.79 Å². The third-order valence-electron chi connectivity index (χ3n) is 2.32. The Morgan fingerprint density at radius 3 is 2.88 bits per heavy atom. The van der Waals surface area contributed by atoms with E-state index in [1.807, 2.05) is 24.3 Å². The fourth-order valence-electron chi connectivity index (χ4n) is 1.55. The molecule has 0 amide bonds. The van der Waals surface area contributed by atoms with Crippen molar-refractivity contribution in [3.63, 3.8) is 0 Å². The average molecular weight is 229 g/mol. The first-order valence-electron chi connectivity index (χ1n) is 5.05. The maximum atomic E-state index is 10.4. The summed E-state index contributed by atoms with van der Waals surface area (Å²) in [6.07, 6.45) is 2.51. The van der Waals surface area contributed by atoms with Crippen LogP contribution in [0.4, 0.5) is 0 Å². The Hall–Kier alpha value is -2.36. The molecule has 0 aliphatic rings. The fraction of sp³-hybridized carbons (Fsp3) is 0.0769. The highest BCUT2D eigenvalue weighted by Crippen LogP contribution is 2.23. The van der Waals surface area contributed by atoms with Gasteiger partial charge in [-0.2, -0.15) is 0 Å². The number of rotatable bonds is 3. The zero-order valence-electron chi connectivity index (χ0n) is 9.25. The van der Waals surface area contributed by atoms with E-state index in [-0.39, 0.29) is 0 Å². The van der Waals surface area contributed by atoms with Crippen LogP contribution in [0.5, 0.6) is 5.75 Å². The molecule has 4 nitrogen and oxygen atoms in total. The van der Waals surface area contributed by atoms with E-state index >= 15 is 0 Å². The highest BCUT2D eigenvalue weighted by atomic mass is 16.5. The van der Waals surface area contributed by atoms with Crippen molar-refractivity contribution < 1.29 is 14.6 Å². The molecule has 0 saturated heterocycles. The number of carboxylic acid groups (broad SMARTS) is 1. The number of hydrogen-bond donors (Lipinski definition) is 1. The van der Waals surface area contributed by atoms with Crippen molar-refractivity contribution in [3.8, 4) is 5.75 Å². The normalized spacial score (nSPS) is 10.9. The van der Waals surface area contributed by atoms with Gasteiger partial charge < -0.3 is 9.84 Å². The molecule has 0 unspecified atom stereocenters. The molecule has 0 bridgehead atoms. The van der Waals surface area contributed by atoms with Crippen LogP contribution in [-0.4, -0.2) is 23.2 Å². The molecule has 17 heavy (non-hydrogen) atoms. The first-order valence-corrected chi connectivity index (χ1v) is 5.05. The van der Waals surface area contributed by atoms with E-state index in [0.29, 0.717) is 11.4 Å². The Kier molecular flexibility index (Phi) is 3.05. The number of aromatic nitrogens is 1. The van der Waals surface area contributed by atoms with Crippen LogP contribution in [0.25, 0.3) is 17.0 Å². The largest absolute Gasteiger partial charge is 0.494 e. The quantitative estimate of drug-likeness (QED) is 0.820. The van der Waals surface area contributed by atoms with Gasteiger partial charge in [0.15, 0.2) is 0 Å². The number of nitrogens with zero attached hydrogens (tertiary/aromatic N) is 1. The summed E-state index contributed by atoms with van der Waals surface area (Å²) < 4.78 is 5.21. The highest BCUT2D eigenvalue weighted by Gasteiger charge is 2.02. The molecular formula is C13H11NO3. The van der Waals surface area contributed by atoms with Crippen LogP contribution in [0.2, 0.25) is 0 Å². The van der Waals surface area contributed by atoms with Crippen LogP contribution in [0.15, 0.2) is 36.4 Å². The SMILES string of the molecule is COc1cccc2ccc(C=CC(=O)O)nc12. The van der Waals surface area contributed by atoms with Crippen LogP contribution in [0, 0.1) is 0 Å². The lowest BCUT2D eigenvalue weighted by Gasteiger charge is -2.04. The maximum absolute atomic E-state index is 10.4. The third-order valence-corrected chi connectivity index (χ3v) is 2.32. The van der Waals surface area contributed by atoms with Crippen LogP contribution in [0.1, 0.15) is 5.69 Å². The number of fused-ring (bicyclic) bond motifs is 1. The fourth-order valence-corrected chi connectivity index (χ4v) is 1.55. The van der Waals surface area contributed by atoms with E-state index in [4.69, 9.17) is 9.84 Å². The van der Waals surface area contributed by atoms with Gasteiger partial charge in [-0.1, -0.05) is 18.2 Å². The monoisotopic (exact) mass is 229 g/mol. The summed E-state index contributed by atoms with van der Waals surface area (Å²) in [7, 11) is 1.58.